The maximum absolute atomic E-state index is 12.6. The van der Waals surface area contributed by atoms with Crippen LogP contribution in [-0.4, -0.2) is 54.3 Å². The number of piperazine rings is 1. The fraction of sp³-hybridized carbons (Fsp3) is 0.435. The predicted octanol–water partition coefficient (Wildman–Crippen LogP) is 3.94. The molecule has 8 heteroatoms. The van der Waals surface area contributed by atoms with Crippen molar-refractivity contribution in [2.75, 3.05) is 38.0 Å². The second-order valence-electron chi connectivity index (χ2n) is 8.00. The highest BCUT2D eigenvalue weighted by Crippen LogP contribution is 2.36. The highest BCUT2D eigenvalue weighted by atomic mass is 35.5. The Bertz CT molecular complexity index is 1000. The maximum atomic E-state index is 12.6. The molecular formula is C23H25ClN4O2S. The van der Waals surface area contributed by atoms with Crippen molar-refractivity contribution in [3.8, 4) is 6.07 Å². The second kappa shape index (κ2) is 9.82. The molecule has 1 saturated heterocycles. The highest BCUT2D eigenvalue weighted by molar-refractivity contribution is 7.16. The summed E-state index contributed by atoms with van der Waals surface area (Å²) in [6.07, 6.45) is 5.36. The van der Waals surface area contributed by atoms with Crippen molar-refractivity contribution in [3.63, 3.8) is 0 Å². The van der Waals surface area contributed by atoms with Crippen LogP contribution in [0.5, 0.6) is 0 Å². The van der Waals surface area contributed by atoms with Gasteiger partial charge in [0.25, 0.3) is 5.91 Å². The van der Waals surface area contributed by atoms with Gasteiger partial charge < -0.3 is 10.2 Å². The number of fused-ring (bicyclic) bond motifs is 1. The summed E-state index contributed by atoms with van der Waals surface area (Å²) < 4.78 is 0. The first-order valence-corrected chi connectivity index (χ1v) is 11.9. The van der Waals surface area contributed by atoms with E-state index in [0.29, 0.717) is 47.3 Å². The fourth-order valence-corrected chi connectivity index (χ4v) is 5.58. The van der Waals surface area contributed by atoms with Crippen LogP contribution in [0, 0.1) is 11.3 Å². The van der Waals surface area contributed by atoms with Crippen LogP contribution in [0.25, 0.3) is 0 Å². The third-order valence-corrected chi connectivity index (χ3v) is 7.36. The zero-order valence-electron chi connectivity index (χ0n) is 17.3. The van der Waals surface area contributed by atoms with E-state index >= 15 is 0 Å². The van der Waals surface area contributed by atoms with Gasteiger partial charge in [0.2, 0.25) is 5.91 Å². The summed E-state index contributed by atoms with van der Waals surface area (Å²) in [5.74, 6) is -0.120. The topological polar surface area (TPSA) is 76.4 Å². The number of nitriles is 1. The number of carbonyl (C=O) groups excluding carboxylic acids is 2. The molecule has 1 aliphatic heterocycles. The summed E-state index contributed by atoms with van der Waals surface area (Å²) in [7, 11) is 0. The minimum atomic E-state index is -0.106. The molecule has 2 amide bonds. The summed E-state index contributed by atoms with van der Waals surface area (Å²) >= 11 is 7.45. The van der Waals surface area contributed by atoms with Gasteiger partial charge in [0.15, 0.2) is 0 Å². The van der Waals surface area contributed by atoms with Crippen LogP contribution in [0.4, 0.5) is 5.00 Å². The van der Waals surface area contributed by atoms with Crippen LogP contribution in [-0.2, 0) is 17.6 Å². The quantitative estimate of drug-likeness (QED) is 0.707. The average Bonchev–Trinajstić information content (AvgIpc) is 2.93. The Balaban J connectivity index is 1.31. The summed E-state index contributed by atoms with van der Waals surface area (Å²) in [5, 5.41) is 13.9. The van der Waals surface area contributed by atoms with Gasteiger partial charge in [-0.2, -0.15) is 5.26 Å². The van der Waals surface area contributed by atoms with Gasteiger partial charge in [-0.1, -0.05) is 18.0 Å². The summed E-state index contributed by atoms with van der Waals surface area (Å²) in [6.45, 7) is 2.69. The molecule has 6 nitrogen and oxygen atoms in total. The van der Waals surface area contributed by atoms with Crippen molar-refractivity contribution in [1.82, 2.24) is 9.80 Å². The number of nitrogens with zero attached hydrogens (tertiary/aromatic N) is 3. The zero-order chi connectivity index (χ0) is 21.8. The molecule has 1 fully saturated rings. The van der Waals surface area contributed by atoms with Crippen molar-refractivity contribution < 1.29 is 9.59 Å². The smallest absolute Gasteiger partial charge is 0.253 e. The van der Waals surface area contributed by atoms with Gasteiger partial charge >= 0.3 is 0 Å². The van der Waals surface area contributed by atoms with E-state index in [1.807, 2.05) is 9.80 Å². The maximum Gasteiger partial charge on any atom is 0.253 e. The van der Waals surface area contributed by atoms with Crippen molar-refractivity contribution in [1.29, 1.82) is 5.26 Å². The van der Waals surface area contributed by atoms with Gasteiger partial charge in [0, 0.05) is 41.6 Å². The molecule has 0 bridgehead atoms. The lowest BCUT2D eigenvalue weighted by Crippen LogP contribution is -2.50. The van der Waals surface area contributed by atoms with Crippen LogP contribution in [0.15, 0.2) is 24.3 Å². The van der Waals surface area contributed by atoms with Gasteiger partial charge in [0.05, 0.1) is 12.1 Å². The number of aryl methyl sites for hydroxylation is 1. The fourth-order valence-electron chi connectivity index (χ4n) is 4.20. The minimum Gasteiger partial charge on any atom is -0.336 e. The third-order valence-electron chi connectivity index (χ3n) is 5.90. The monoisotopic (exact) mass is 456 g/mol. The molecule has 0 unspecified atom stereocenters. The molecule has 1 aliphatic carbocycles. The molecule has 0 radical (unpaired) electrons. The van der Waals surface area contributed by atoms with Crippen molar-refractivity contribution in [3.05, 3.63) is 50.9 Å². The summed E-state index contributed by atoms with van der Waals surface area (Å²) in [4.78, 5) is 30.4. The second-order valence-corrected chi connectivity index (χ2v) is 9.55. The number of nitrogens with one attached hydrogen (secondary N) is 1. The number of thiophene rings is 1. The van der Waals surface area contributed by atoms with E-state index in [0.717, 1.165) is 31.2 Å². The number of anilines is 1. The molecule has 162 valence electrons. The standard InChI is InChI=1S/C23H25ClN4O2S/c24-17-8-6-16(7-9-17)23(30)28-12-10-27(11-13-28)15-21(29)26-22-19(14-25)18-4-2-1-3-5-20(18)31-22/h6-9H,1-5,10-13,15H2,(H,26,29). The number of carbonyl (C=O) groups is 2. The Morgan fingerprint density at radius 1 is 1.06 bits per heavy atom. The minimum absolute atomic E-state index is 0.0143. The lowest BCUT2D eigenvalue weighted by molar-refractivity contribution is -0.117. The Labute approximate surface area is 191 Å². The van der Waals surface area contributed by atoms with Crippen LogP contribution in [0.1, 0.15) is 45.6 Å². The molecule has 1 N–H and O–H groups in total. The first-order chi connectivity index (χ1) is 15.0. The van der Waals surface area contributed by atoms with Crippen molar-refractivity contribution >= 4 is 39.8 Å². The van der Waals surface area contributed by atoms with Crippen LogP contribution < -0.4 is 5.32 Å². The Kier molecular flexibility index (Phi) is 6.91. The molecule has 2 aliphatic rings. The molecule has 0 saturated carbocycles. The van der Waals surface area contributed by atoms with Gasteiger partial charge in [-0.25, -0.2) is 0 Å². The lowest BCUT2D eigenvalue weighted by Gasteiger charge is -2.34. The van der Waals surface area contributed by atoms with E-state index in [1.54, 1.807) is 35.6 Å². The van der Waals surface area contributed by atoms with Gasteiger partial charge in [-0.3, -0.25) is 14.5 Å². The molecule has 2 heterocycles. The number of benzene rings is 1. The Morgan fingerprint density at radius 2 is 1.77 bits per heavy atom. The van der Waals surface area contributed by atoms with E-state index < -0.39 is 0 Å². The zero-order valence-corrected chi connectivity index (χ0v) is 18.9. The van der Waals surface area contributed by atoms with Crippen LogP contribution in [0.3, 0.4) is 0 Å². The Morgan fingerprint density at radius 3 is 2.48 bits per heavy atom. The van der Waals surface area contributed by atoms with Gasteiger partial charge in [-0.15, -0.1) is 11.3 Å². The highest BCUT2D eigenvalue weighted by Gasteiger charge is 2.25. The average molecular weight is 457 g/mol. The van der Waals surface area contributed by atoms with Crippen molar-refractivity contribution in [2.24, 2.45) is 0 Å². The Hall–Kier alpha value is -2.40. The van der Waals surface area contributed by atoms with Crippen LogP contribution in [0.2, 0.25) is 5.02 Å². The van der Waals surface area contributed by atoms with E-state index in [2.05, 4.69) is 11.4 Å². The first kappa shape index (κ1) is 21.8. The number of rotatable bonds is 4. The molecule has 2 aromatic rings. The summed E-state index contributed by atoms with van der Waals surface area (Å²) in [5.41, 5.74) is 2.40. The molecule has 1 aromatic heterocycles. The first-order valence-electron chi connectivity index (χ1n) is 10.7. The number of halogens is 1. The van der Waals surface area contributed by atoms with Gasteiger partial charge in [-0.05, 0) is 55.5 Å². The van der Waals surface area contributed by atoms with E-state index in [9.17, 15) is 14.9 Å². The molecule has 31 heavy (non-hydrogen) atoms. The number of hydrogen-bond donors (Lipinski definition) is 1. The van der Waals surface area contributed by atoms with E-state index in [1.165, 1.54) is 11.3 Å². The van der Waals surface area contributed by atoms with E-state index in [4.69, 9.17) is 11.6 Å². The lowest BCUT2D eigenvalue weighted by atomic mass is 10.1. The number of hydrogen-bond acceptors (Lipinski definition) is 5. The predicted molar refractivity (Wildman–Crippen MR) is 123 cm³/mol. The van der Waals surface area contributed by atoms with Crippen molar-refractivity contribution in [2.45, 2.75) is 32.1 Å². The molecule has 4 rings (SSSR count). The normalized spacial score (nSPS) is 16.8. The largest absolute Gasteiger partial charge is 0.336 e. The number of amides is 2. The van der Waals surface area contributed by atoms with Gasteiger partial charge in [0.1, 0.15) is 11.1 Å². The molecule has 0 spiro atoms. The molecule has 1 aromatic carbocycles. The van der Waals surface area contributed by atoms with Crippen LogP contribution >= 0.6 is 22.9 Å². The van der Waals surface area contributed by atoms with E-state index in [-0.39, 0.29) is 18.4 Å². The molecule has 0 atom stereocenters. The third kappa shape index (κ3) is 5.09. The SMILES string of the molecule is N#Cc1c(NC(=O)CN2CCN(C(=O)c3ccc(Cl)cc3)CC2)sc2c1CCCCC2. The molecular weight excluding hydrogens is 432 g/mol. The summed E-state index contributed by atoms with van der Waals surface area (Å²) in [6, 6.07) is 9.21.